The van der Waals surface area contributed by atoms with E-state index in [1.807, 2.05) is 0 Å². The van der Waals surface area contributed by atoms with Crippen LogP contribution in [-0.4, -0.2) is 13.7 Å². The Morgan fingerprint density at radius 2 is 0.686 bits per heavy atom. The topological polar surface area (TPSA) is 14.8 Å². The first-order valence-corrected chi connectivity index (χ1v) is 18.1. The van der Waals surface area contributed by atoms with Crippen molar-refractivity contribution in [3.05, 3.63) is 162 Å². The lowest BCUT2D eigenvalue weighted by atomic mass is 9.68. The van der Waals surface area contributed by atoms with Crippen molar-refractivity contribution < 1.29 is 0 Å². The summed E-state index contributed by atoms with van der Waals surface area (Å²) < 4.78 is 7.63. The summed E-state index contributed by atoms with van der Waals surface area (Å²) in [5.41, 5.74) is 16.6. The Kier molecular flexibility index (Phi) is 4.89. The number of benzene rings is 7. The molecule has 0 saturated carbocycles. The molecule has 2 aliphatic rings. The van der Waals surface area contributed by atoms with Crippen molar-refractivity contribution >= 4 is 65.4 Å². The Bertz CT molecular complexity index is 2880. The van der Waals surface area contributed by atoms with Gasteiger partial charge < -0.3 is 13.7 Å². The Balaban J connectivity index is 1.30. The lowest BCUT2D eigenvalue weighted by Gasteiger charge is -2.42. The van der Waals surface area contributed by atoms with Gasteiger partial charge in [-0.25, -0.2) is 0 Å². The van der Waals surface area contributed by atoms with E-state index >= 15 is 0 Å². The highest BCUT2D eigenvalue weighted by Crippen LogP contribution is 2.56. The molecule has 12 rings (SSSR count). The number of hydrogen-bond donors (Lipinski definition) is 0. The summed E-state index contributed by atoms with van der Waals surface area (Å²) >= 11 is 0. The van der Waals surface area contributed by atoms with Gasteiger partial charge in [-0.05, 0) is 70.8 Å². The molecule has 0 fully saturated rings. The van der Waals surface area contributed by atoms with E-state index in [-0.39, 0.29) is 10.8 Å². The van der Waals surface area contributed by atoms with E-state index in [1.54, 1.807) is 0 Å². The van der Waals surface area contributed by atoms with Crippen LogP contribution in [0.15, 0.2) is 140 Å². The van der Waals surface area contributed by atoms with Crippen LogP contribution in [0.25, 0.3) is 82.5 Å². The predicted molar refractivity (Wildman–Crippen MR) is 214 cm³/mol. The monoisotopic (exact) mass is 653 g/mol. The summed E-state index contributed by atoms with van der Waals surface area (Å²) in [6.45, 7) is 9.72. The molecular weight excluding hydrogens is 619 g/mol. The SMILES string of the molecule is CC1(C)c2cccc3c2-n2c4c1cc(-n1c5ccccc5c5ccccc51)cc4c1cc(-n4c5ccccc5c5ccccc54)cc(c12)C3(C)C. The largest absolute Gasteiger partial charge is 0.309 e. The van der Waals surface area contributed by atoms with E-state index in [0.717, 1.165) is 0 Å². The zero-order valence-electron chi connectivity index (χ0n) is 29.1. The van der Waals surface area contributed by atoms with E-state index in [0.29, 0.717) is 0 Å². The molecule has 0 atom stereocenters. The summed E-state index contributed by atoms with van der Waals surface area (Å²) in [7, 11) is 0. The quantitative estimate of drug-likeness (QED) is 0.176. The van der Waals surface area contributed by atoms with Crippen LogP contribution < -0.4 is 0 Å². The van der Waals surface area contributed by atoms with E-state index < -0.39 is 0 Å². The molecule has 0 unspecified atom stereocenters. The van der Waals surface area contributed by atoms with Crippen molar-refractivity contribution in [1.82, 2.24) is 13.7 Å². The summed E-state index contributed by atoms with van der Waals surface area (Å²) in [4.78, 5) is 0. The fourth-order valence-corrected chi connectivity index (χ4v) is 10.2. The van der Waals surface area contributed by atoms with E-state index in [1.165, 1.54) is 105 Å². The molecule has 242 valence electrons. The van der Waals surface area contributed by atoms with Gasteiger partial charge in [0.25, 0.3) is 0 Å². The minimum Gasteiger partial charge on any atom is -0.309 e. The summed E-state index contributed by atoms with van der Waals surface area (Å²) in [5, 5.41) is 7.77. The average Bonchev–Trinajstić information content (AvgIpc) is 3.79. The second-order valence-corrected chi connectivity index (χ2v) is 15.8. The highest BCUT2D eigenvalue weighted by atomic mass is 15.0. The van der Waals surface area contributed by atoms with E-state index in [2.05, 4.69) is 181 Å². The zero-order chi connectivity index (χ0) is 34.0. The molecule has 0 spiro atoms. The summed E-state index contributed by atoms with van der Waals surface area (Å²) in [5.74, 6) is 0. The van der Waals surface area contributed by atoms with Crippen LogP contribution in [0.5, 0.6) is 0 Å². The predicted octanol–water partition coefficient (Wildman–Crippen LogP) is 12.3. The molecular formula is C48H35N3. The molecule has 5 heterocycles. The molecule has 0 aliphatic carbocycles. The van der Waals surface area contributed by atoms with Crippen molar-refractivity contribution in [3.8, 4) is 17.1 Å². The van der Waals surface area contributed by atoms with Gasteiger partial charge in [0.05, 0.1) is 38.8 Å². The first-order chi connectivity index (χ1) is 24.8. The van der Waals surface area contributed by atoms with E-state index in [9.17, 15) is 0 Å². The number of aromatic nitrogens is 3. The normalized spacial score (nSPS) is 15.4. The van der Waals surface area contributed by atoms with Gasteiger partial charge in [-0.1, -0.05) is 119 Å². The van der Waals surface area contributed by atoms with Crippen LogP contribution in [0.4, 0.5) is 0 Å². The molecule has 0 saturated heterocycles. The highest BCUT2D eigenvalue weighted by Gasteiger charge is 2.44. The highest BCUT2D eigenvalue weighted by molar-refractivity contribution is 6.17. The van der Waals surface area contributed by atoms with Crippen LogP contribution in [0.1, 0.15) is 49.9 Å². The molecule has 10 aromatic rings. The fourth-order valence-electron chi connectivity index (χ4n) is 10.2. The first-order valence-electron chi connectivity index (χ1n) is 18.1. The second kappa shape index (κ2) is 8.99. The molecule has 7 aromatic carbocycles. The molecule has 3 aromatic heterocycles. The third-order valence-corrected chi connectivity index (χ3v) is 12.6. The van der Waals surface area contributed by atoms with Crippen LogP contribution in [0.3, 0.4) is 0 Å². The van der Waals surface area contributed by atoms with Gasteiger partial charge in [0.15, 0.2) is 0 Å². The Morgan fingerprint density at radius 1 is 0.333 bits per heavy atom. The molecule has 0 amide bonds. The van der Waals surface area contributed by atoms with Gasteiger partial charge in [0.1, 0.15) is 0 Å². The first kappa shape index (κ1) is 27.7. The van der Waals surface area contributed by atoms with E-state index in [4.69, 9.17) is 0 Å². The van der Waals surface area contributed by atoms with Gasteiger partial charge in [0, 0.05) is 54.5 Å². The molecule has 3 nitrogen and oxygen atoms in total. The number of hydrogen-bond acceptors (Lipinski definition) is 0. The Labute approximate surface area is 295 Å². The molecule has 0 radical (unpaired) electrons. The minimum atomic E-state index is -0.202. The molecule has 0 bridgehead atoms. The number of para-hydroxylation sites is 5. The van der Waals surface area contributed by atoms with Gasteiger partial charge in [0.2, 0.25) is 0 Å². The lowest BCUT2D eigenvalue weighted by molar-refractivity contribution is 0.593. The number of rotatable bonds is 2. The van der Waals surface area contributed by atoms with Crippen molar-refractivity contribution in [2.75, 3.05) is 0 Å². The Morgan fingerprint density at radius 3 is 1.06 bits per heavy atom. The maximum atomic E-state index is 2.64. The maximum Gasteiger partial charge on any atom is 0.0583 e. The second-order valence-electron chi connectivity index (χ2n) is 15.8. The van der Waals surface area contributed by atoms with Gasteiger partial charge in [-0.3, -0.25) is 0 Å². The summed E-state index contributed by atoms with van der Waals surface area (Å²) in [6, 6.07) is 52.5. The van der Waals surface area contributed by atoms with Crippen molar-refractivity contribution in [2.45, 2.75) is 38.5 Å². The summed E-state index contributed by atoms with van der Waals surface area (Å²) in [6.07, 6.45) is 0. The molecule has 2 aliphatic heterocycles. The number of nitrogens with zero attached hydrogens (tertiary/aromatic N) is 3. The van der Waals surface area contributed by atoms with Crippen molar-refractivity contribution in [3.63, 3.8) is 0 Å². The third kappa shape index (κ3) is 3.18. The third-order valence-electron chi connectivity index (χ3n) is 12.6. The van der Waals surface area contributed by atoms with Crippen LogP contribution in [0, 0.1) is 0 Å². The fraction of sp³-hybridized carbons (Fsp3) is 0.125. The maximum absolute atomic E-state index is 2.64. The van der Waals surface area contributed by atoms with Gasteiger partial charge in [-0.2, -0.15) is 0 Å². The number of fused-ring (bicyclic) bond motifs is 7. The van der Waals surface area contributed by atoms with Crippen LogP contribution in [-0.2, 0) is 10.8 Å². The molecule has 51 heavy (non-hydrogen) atoms. The van der Waals surface area contributed by atoms with Crippen LogP contribution in [0.2, 0.25) is 0 Å². The van der Waals surface area contributed by atoms with Gasteiger partial charge >= 0.3 is 0 Å². The average molecular weight is 654 g/mol. The standard InChI is InChI=1S/C48H35N3/c1-47(2)36-18-13-19-37-46(36)51-44-34(24-28(26-38(44)47)49-40-20-9-5-14-30(40)31-15-6-10-21-41(31)49)35-25-29(27-39(45(35)51)48(37,3)4)50-42-22-11-7-16-32(42)33-17-8-12-23-43(33)50/h5-27H,1-4H3. The molecule has 3 heteroatoms. The van der Waals surface area contributed by atoms with Crippen molar-refractivity contribution in [1.29, 1.82) is 0 Å². The molecule has 0 N–H and O–H groups in total. The lowest BCUT2D eigenvalue weighted by Crippen LogP contribution is -2.33. The van der Waals surface area contributed by atoms with Crippen molar-refractivity contribution in [2.24, 2.45) is 0 Å². The van der Waals surface area contributed by atoms with Gasteiger partial charge in [-0.15, -0.1) is 0 Å². The van der Waals surface area contributed by atoms with Crippen LogP contribution >= 0.6 is 0 Å². The minimum absolute atomic E-state index is 0.202. The smallest absolute Gasteiger partial charge is 0.0583 e. The zero-order valence-corrected chi connectivity index (χ0v) is 29.1. The Hall–Kier alpha value is -6.06.